The maximum atomic E-state index is 12.2. The third kappa shape index (κ3) is 3.20. The van der Waals surface area contributed by atoms with Gasteiger partial charge in [-0.25, -0.2) is 4.79 Å². The van der Waals surface area contributed by atoms with Crippen molar-refractivity contribution in [2.24, 2.45) is 0 Å². The highest BCUT2D eigenvalue weighted by Gasteiger charge is 2.10. The van der Waals surface area contributed by atoms with Crippen LogP contribution in [0.4, 0.5) is 0 Å². The molecule has 1 heterocycles. The van der Waals surface area contributed by atoms with Gasteiger partial charge in [-0.05, 0) is 19.1 Å². The van der Waals surface area contributed by atoms with Gasteiger partial charge in [-0.2, -0.15) is 4.99 Å². The van der Waals surface area contributed by atoms with Crippen molar-refractivity contribution < 1.29 is 14.2 Å². The molecule has 22 heavy (non-hydrogen) atoms. The second kappa shape index (κ2) is 6.22. The number of aryl methyl sites for hydroxylation is 1. The van der Waals surface area contributed by atoms with E-state index in [2.05, 4.69) is 4.99 Å². The van der Waals surface area contributed by atoms with Crippen molar-refractivity contribution in [3.8, 4) is 11.3 Å². The third-order valence-electron chi connectivity index (χ3n) is 3.27. The van der Waals surface area contributed by atoms with Crippen molar-refractivity contribution in [1.82, 2.24) is 0 Å². The van der Waals surface area contributed by atoms with Gasteiger partial charge in [-0.15, -0.1) is 0 Å². The summed E-state index contributed by atoms with van der Waals surface area (Å²) < 4.78 is 5.74. The quantitative estimate of drug-likeness (QED) is 0.785. The monoisotopic (exact) mass is 290 g/mol. The highest BCUT2D eigenvalue weighted by atomic mass is 16.3. The Bertz CT molecular complexity index is 849. The Morgan fingerprint density at radius 1 is 0.909 bits per heavy atom. The summed E-state index contributed by atoms with van der Waals surface area (Å²) in [7, 11) is 0. The molecule has 0 aliphatic carbocycles. The van der Waals surface area contributed by atoms with E-state index in [0.29, 0.717) is 5.56 Å². The first-order valence-electron chi connectivity index (χ1n) is 7.09. The van der Waals surface area contributed by atoms with Gasteiger partial charge in [0.1, 0.15) is 11.5 Å². The van der Waals surface area contributed by atoms with Gasteiger partial charge in [0, 0.05) is 11.6 Å². The van der Waals surface area contributed by atoms with Crippen LogP contribution in [0.5, 0.6) is 0 Å². The minimum Gasteiger partial charge on any atom is -0.461 e. The van der Waals surface area contributed by atoms with Crippen molar-refractivity contribution in [2.75, 3.05) is 0 Å². The molecule has 1 N–H and O–H groups in total. The van der Waals surface area contributed by atoms with Crippen LogP contribution in [0.25, 0.3) is 11.3 Å². The Labute approximate surface area is 128 Å². The minimum absolute atomic E-state index is 0.134. The molecule has 0 aliphatic rings. The van der Waals surface area contributed by atoms with Crippen LogP contribution in [0.2, 0.25) is 0 Å². The lowest BCUT2D eigenvalue weighted by atomic mass is 10.1. The Kier molecular flexibility index (Phi) is 3.97. The molecule has 2 aromatic carbocycles. The van der Waals surface area contributed by atoms with Gasteiger partial charge >= 0.3 is 5.91 Å². The van der Waals surface area contributed by atoms with E-state index in [9.17, 15) is 4.79 Å². The molecular formula is C19H16NO2+. The number of carbonyl (C=O) groups excluding carboxylic acids is 1. The molecule has 3 nitrogen and oxygen atoms in total. The first kappa shape index (κ1) is 14.0. The van der Waals surface area contributed by atoms with Crippen molar-refractivity contribution in [3.63, 3.8) is 0 Å². The number of amides is 1. The molecule has 0 saturated heterocycles. The highest BCUT2D eigenvalue weighted by molar-refractivity contribution is 5.86. The summed E-state index contributed by atoms with van der Waals surface area (Å²) >= 11 is 0. The van der Waals surface area contributed by atoms with Gasteiger partial charge in [0.2, 0.25) is 5.36 Å². The average molecular weight is 290 g/mol. The number of hydrogen-bond acceptors (Lipinski definition) is 2. The molecule has 1 aromatic heterocycles. The molecule has 3 heteroatoms. The van der Waals surface area contributed by atoms with E-state index in [-0.39, 0.29) is 5.91 Å². The van der Waals surface area contributed by atoms with Gasteiger partial charge in [-0.1, -0.05) is 48.5 Å². The number of nitrogens with one attached hydrogen (secondary N) is 1. The van der Waals surface area contributed by atoms with Crippen LogP contribution in [0.15, 0.2) is 77.2 Å². The van der Waals surface area contributed by atoms with Crippen molar-refractivity contribution in [3.05, 3.63) is 89.5 Å². The maximum absolute atomic E-state index is 12.2. The van der Waals surface area contributed by atoms with Crippen LogP contribution in [0, 0.1) is 6.92 Å². The van der Waals surface area contributed by atoms with Gasteiger partial charge in [0.05, 0.1) is 11.6 Å². The number of rotatable bonds is 2. The zero-order chi connectivity index (χ0) is 15.4. The molecule has 108 valence electrons. The molecule has 0 spiro atoms. The Hall–Kier alpha value is -2.94. The Morgan fingerprint density at radius 2 is 1.55 bits per heavy atom. The smallest absolute Gasteiger partial charge is 0.418 e. The summed E-state index contributed by atoms with van der Waals surface area (Å²) in [6, 6.07) is 22.6. The molecular weight excluding hydrogens is 274 g/mol. The second-order valence-corrected chi connectivity index (χ2v) is 5.01. The van der Waals surface area contributed by atoms with E-state index in [1.807, 2.05) is 67.6 Å². The van der Waals surface area contributed by atoms with Crippen LogP contribution in [-0.2, 0) is 0 Å². The number of benzene rings is 2. The molecule has 3 rings (SSSR count). The summed E-state index contributed by atoms with van der Waals surface area (Å²) in [6.45, 7) is 1.87. The molecule has 0 aliphatic heterocycles. The normalized spacial score (nSPS) is 11.4. The average Bonchev–Trinajstić information content (AvgIpc) is 2.56. The van der Waals surface area contributed by atoms with E-state index < -0.39 is 0 Å². The van der Waals surface area contributed by atoms with Crippen LogP contribution in [0.3, 0.4) is 0 Å². The molecule has 0 radical (unpaired) electrons. The molecule has 0 fully saturated rings. The third-order valence-corrected chi connectivity index (χ3v) is 3.27. The van der Waals surface area contributed by atoms with Crippen LogP contribution >= 0.6 is 0 Å². The summed E-state index contributed by atoms with van der Waals surface area (Å²) in [6.07, 6.45) is 0. The van der Waals surface area contributed by atoms with E-state index in [4.69, 9.17) is 4.42 Å². The summed E-state index contributed by atoms with van der Waals surface area (Å²) in [5.41, 5.74) is 1.60. The topological polar surface area (TPSA) is 44.2 Å². The van der Waals surface area contributed by atoms with E-state index >= 15 is 0 Å². The summed E-state index contributed by atoms with van der Waals surface area (Å²) in [4.78, 5) is 15.1. The molecule has 0 unspecified atom stereocenters. The largest absolute Gasteiger partial charge is 0.461 e. The van der Waals surface area contributed by atoms with Crippen LogP contribution in [-0.4, -0.2) is 5.91 Å². The first-order valence-corrected chi connectivity index (χ1v) is 7.09. The predicted molar refractivity (Wildman–Crippen MR) is 83.8 cm³/mol. The van der Waals surface area contributed by atoms with Crippen molar-refractivity contribution >= 4 is 5.91 Å². The van der Waals surface area contributed by atoms with Crippen molar-refractivity contribution in [2.45, 2.75) is 6.92 Å². The maximum Gasteiger partial charge on any atom is 0.418 e. The molecule has 0 atom stereocenters. The second-order valence-electron chi connectivity index (χ2n) is 5.01. The fraction of sp³-hybridized carbons (Fsp3) is 0.0526. The van der Waals surface area contributed by atoms with Gasteiger partial charge in [-0.3, -0.25) is 0 Å². The Balaban J connectivity index is 2.03. The van der Waals surface area contributed by atoms with Gasteiger partial charge in [0.15, 0.2) is 0 Å². The number of carbonyl (C=O) groups is 1. The fourth-order valence-electron chi connectivity index (χ4n) is 2.24. The minimum atomic E-state index is -0.134. The van der Waals surface area contributed by atoms with E-state index in [1.54, 1.807) is 12.1 Å². The molecule has 0 bridgehead atoms. The zero-order valence-electron chi connectivity index (χ0n) is 12.2. The lowest BCUT2D eigenvalue weighted by molar-refractivity contribution is -0.391. The SMILES string of the molecule is Cc1cc(=[NH+]C(=O)c2ccccc2)cc(-c2ccccc2)o1. The highest BCUT2D eigenvalue weighted by Crippen LogP contribution is 2.17. The standard InChI is InChI=1S/C19H15NO2/c1-14-12-17(20-19(21)16-10-6-3-7-11-16)13-18(22-14)15-8-4-2-5-9-15/h2-13H,1H3/p+1. The van der Waals surface area contributed by atoms with Crippen LogP contribution in [0.1, 0.15) is 16.1 Å². The number of hydrogen-bond donors (Lipinski definition) is 1. The van der Waals surface area contributed by atoms with Crippen molar-refractivity contribution in [1.29, 1.82) is 0 Å². The zero-order valence-corrected chi connectivity index (χ0v) is 12.2. The summed E-state index contributed by atoms with van der Waals surface area (Å²) in [5, 5.41) is 0.719. The first-order chi connectivity index (χ1) is 10.7. The lowest BCUT2D eigenvalue weighted by Crippen LogP contribution is -2.80. The van der Waals surface area contributed by atoms with Gasteiger partial charge < -0.3 is 4.42 Å². The fourth-order valence-corrected chi connectivity index (χ4v) is 2.24. The lowest BCUT2D eigenvalue weighted by Gasteiger charge is -2.00. The predicted octanol–water partition coefficient (Wildman–Crippen LogP) is 2.08. The summed E-state index contributed by atoms with van der Waals surface area (Å²) in [5.74, 6) is 1.33. The molecule has 1 amide bonds. The van der Waals surface area contributed by atoms with Crippen LogP contribution < -0.4 is 10.3 Å². The van der Waals surface area contributed by atoms with E-state index in [1.165, 1.54) is 0 Å². The molecule has 0 saturated carbocycles. The Morgan fingerprint density at radius 3 is 2.23 bits per heavy atom. The van der Waals surface area contributed by atoms with Gasteiger partial charge in [0.25, 0.3) is 0 Å². The van der Waals surface area contributed by atoms with E-state index in [0.717, 1.165) is 22.4 Å². The molecule has 3 aromatic rings.